The van der Waals surface area contributed by atoms with Gasteiger partial charge in [-0.2, -0.15) is 4.98 Å². The molecule has 0 unspecified atom stereocenters. The first-order valence-electron chi connectivity index (χ1n) is 11.3. The van der Waals surface area contributed by atoms with Crippen molar-refractivity contribution in [3.05, 3.63) is 29.4 Å². The fourth-order valence-electron chi connectivity index (χ4n) is 3.97. The van der Waals surface area contributed by atoms with E-state index >= 15 is 0 Å². The van der Waals surface area contributed by atoms with E-state index in [2.05, 4.69) is 30.8 Å². The Morgan fingerprint density at radius 1 is 1.32 bits per heavy atom. The molecule has 3 aromatic rings. The van der Waals surface area contributed by atoms with Crippen LogP contribution in [0.3, 0.4) is 0 Å². The van der Waals surface area contributed by atoms with Crippen LogP contribution >= 0.6 is 0 Å². The van der Waals surface area contributed by atoms with E-state index in [9.17, 15) is 9.90 Å². The molecule has 1 saturated carbocycles. The molecule has 0 saturated heterocycles. The van der Waals surface area contributed by atoms with Crippen molar-refractivity contribution in [2.24, 2.45) is 13.0 Å². The van der Waals surface area contributed by atoms with Gasteiger partial charge in [-0.15, -0.1) is 5.10 Å². The van der Waals surface area contributed by atoms with Gasteiger partial charge in [0.05, 0.1) is 35.6 Å². The number of carboxylic acids is 1. The predicted molar refractivity (Wildman–Crippen MR) is 120 cm³/mol. The van der Waals surface area contributed by atoms with Crippen molar-refractivity contribution < 1.29 is 23.9 Å². The first-order valence-corrected chi connectivity index (χ1v) is 11.3. The van der Waals surface area contributed by atoms with Crippen LogP contribution in [0.4, 0.5) is 5.95 Å². The van der Waals surface area contributed by atoms with Gasteiger partial charge >= 0.3 is 5.97 Å². The first-order chi connectivity index (χ1) is 16.4. The van der Waals surface area contributed by atoms with Crippen LogP contribution in [-0.4, -0.2) is 53.9 Å². The van der Waals surface area contributed by atoms with Crippen LogP contribution in [0.15, 0.2) is 16.7 Å². The fraction of sp³-hybridized carbons (Fsp3) is 0.545. The number of carboxylic acid groups (broad SMARTS) is 1. The highest BCUT2D eigenvalue weighted by atomic mass is 16.5. The fourth-order valence-corrected chi connectivity index (χ4v) is 3.97. The van der Waals surface area contributed by atoms with Crippen LogP contribution in [0.2, 0.25) is 0 Å². The van der Waals surface area contributed by atoms with E-state index in [1.54, 1.807) is 11.7 Å². The van der Waals surface area contributed by atoms with Gasteiger partial charge in [-0.3, -0.25) is 4.79 Å². The second-order valence-electron chi connectivity index (χ2n) is 8.23. The number of hydrogen-bond acceptors (Lipinski definition) is 10. The van der Waals surface area contributed by atoms with Gasteiger partial charge < -0.3 is 24.4 Å². The largest absolute Gasteiger partial charge is 0.489 e. The normalized spacial score (nSPS) is 18.1. The van der Waals surface area contributed by atoms with Crippen molar-refractivity contribution in [2.75, 3.05) is 11.9 Å². The molecule has 3 heterocycles. The van der Waals surface area contributed by atoms with E-state index in [0.29, 0.717) is 60.7 Å². The van der Waals surface area contributed by atoms with E-state index in [1.807, 2.05) is 26.0 Å². The standard InChI is InChI=1S/C22H29N7O5/c1-4-32-12-19-25-22(27-34-19)23-11-17-20(26-28-29(17)3)16-8-9-18(13(2)24-16)33-15-7-5-6-14(10-15)21(30)31/h8-9,14-15H,4-7,10-12H2,1-3H3,(H,23,27)(H,30,31)/t14-,15-/m0/s1. The second-order valence-corrected chi connectivity index (χ2v) is 8.23. The third-order valence-corrected chi connectivity index (χ3v) is 5.80. The van der Waals surface area contributed by atoms with Crippen LogP contribution in [0.1, 0.15) is 49.9 Å². The van der Waals surface area contributed by atoms with Gasteiger partial charge in [-0.05, 0) is 56.8 Å². The lowest BCUT2D eigenvalue weighted by atomic mass is 9.87. The minimum absolute atomic E-state index is 0.125. The Hall–Kier alpha value is -3.54. The van der Waals surface area contributed by atoms with Gasteiger partial charge in [0, 0.05) is 13.7 Å². The molecule has 0 bridgehead atoms. The highest BCUT2D eigenvalue weighted by molar-refractivity contribution is 5.70. The maximum atomic E-state index is 11.3. The van der Waals surface area contributed by atoms with Crippen molar-refractivity contribution in [1.82, 2.24) is 30.1 Å². The predicted octanol–water partition coefficient (Wildman–Crippen LogP) is 2.74. The van der Waals surface area contributed by atoms with Crippen LogP contribution in [0.25, 0.3) is 11.4 Å². The van der Waals surface area contributed by atoms with E-state index in [-0.39, 0.29) is 18.6 Å². The second kappa shape index (κ2) is 10.6. The first kappa shape index (κ1) is 23.6. The molecule has 34 heavy (non-hydrogen) atoms. The molecule has 1 aliphatic carbocycles. The Labute approximate surface area is 196 Å². The molecular weight excluding hydrogens is 442 g/mol. The maximum Gasteiger partial charge on any atom is 0.306 e. The minimum atomic E-state index is -0.756. The van der Waals surface area contributed by atoms with Crippen molar-refractivity contribution in [3.8, 4) is 17.1 Å². The monoisotopic (exact) mass is 471 g/mol. The third-order valence-electron chi connectivity index (χ3n) is 5.80. The Bertz CT molecular complexity index is 1130. The van der Waals surface area contributed by atoms with Gasteiger partial charge in [0.2, 0.25) is 0 Å². The van der Waals surface area contributed by atoms with Crippen molar-refractivity contribution in [2.45, 2.75) is 58.8 Å². The number of aromatic nitrogens is 6. The number of carbonyl (C=O) groups is 1. The summed E-state index contributed by atoms with van der Waals surface area (Å²) in [4.78, 5) is 20.3. The number of nitrogens with one attached hydrogen (secondary N) is 1. The molecule has 1 aliphatic rings. The molecule has 4 rings (SSSR count). The van der Waals surface area contributed by atoms with Crippen LogP contribution in [0, 0.1) is 12.8 Å². The number of aliphatic carboxylic acids is 1. The zero-order valence-electron chi connectivity index (χ0n) is 19.5. The maximum absolute atomic E-state index is 11.3. The zero-order valence-corrected chi connectivity index (χ0v) is 19.5. The summed E-state index contributed by atoms with van der Waals surface area (Å²) >= 11 is 0. The minimum Gasteiger partial charge on any atom is -0.489 e. The Balaban J connectivity index is 1.44. The SMILES string of the molecule is CCOCc1nc(NCc2c(-c3ccc(O[C@H]4CCC[C@H](C(=O)O)C4)c(C)n3)nnn2C)no1. The molecule has 0 radical (unpaired) electrons. The van der Waals surface area contributed by atoms with E-state index < -0.39 is 5.97 Å². The number of hydrogen-bond donors (Lipinski definition) is 2. The van der Waals surface area contributed by atoms with Crippen molar-refractivity contribution in [1.29, 1.82) is 0 Å². The van der Waals surface area contributed by atoms with E-state index in [4.69, 9.17) is 14.0 Å². The summed E-state index contributed by atoms with van der Waals surface area (Å²) in [5.41, 5.74) is 2.80. The van der Waals surface area contributed by atoms with Gasteiger partial charge in [0.1, 0.15) is 18.1 Å². The average molecular weight is 472 g/mol. The van der Waals surface area contributed by atoms with Crippen molar-refractivity contribution >= 4 is 11.9 Å². The summed E-state index contributed by atoms with van der Waals surface area (Å²) in [7, 11) is 1.80. The number of anilines is 1. The van der Waals surface area contributed by atoms with Gasteiger partial charge in [-0.25, -0.2) is 9.67 Å². The van der Waals surface area contributed by atoms with E-state index in [1.165, 1.54) is 0 Å². The molecule has 0 aliphatic heterocycles. The number of nitrogens with zero attached hydrogens (tertiary/aromatic N) is 6. The van der Waals surface area contributed by atoms with Gasteiger partial charge in [-0.1, -0.05) is 5.21 Å². The van der Waals surface area contributed by atoms with Crippen LogP contribution in [-0.2, 0) is 29.7 Å². The number of aryl methyl sites for hydroxylation is 2. The topological polar surface area (TPSA) is 150 Å². The highest BCUT2D eigenvalue weighted by Gasteiger charge is 2.28. The summed E-state index contributed by atoms with van der Waals surface area (Å²) in [6, 6.07) is 3.69. The smallest absolute Gasteiger partial charge is 0.306 e. The average Bonchev–Trinajstić information content (AvgIpc) is 3.44. The molecule has 3 aromatic heterocycles. The summed E-state index contributed by atoms with van der Waals surface area (Å²) in [5.74, 6) is 0.288. The molecule has 0 amide bonds. The molecule has 2 N–H and O–H groups in total. The lowest BCUT2D eigenvalue weighted by molar-refractivity contribution is -0.143. The molecule has 1 fully saturated rings. The summed E-state index contributed by atoms with van der Waals surface area (Å²) in [6.45, 7) is 4.95. The molecular formula is C22H29N7O5. The Morgan fingerprint density at radius 3 is 2.94 bits per heavy atom. The summed E-state index contributed by atoms with van der Waals surface area (Å²) in [6.07, 6.45) is 2.77. The summed E-state index contributed by atoms with van der Waals surface area (Å²) < 4.78 is 18.2. The Morgan fingerprint density at radius 2 is 2.18 bits per heavy atom. The molecule has 2 atom stereocenters. The quantitative estimate of drug-likeness (QED) is 0.449. The van der Waals surface area contributed by atoms with Gasteiger partial charge in [0.25, 0.3) is 11.8 Å². The highest BCUT2D eigenvalue weighted by Crippen LogP contribution is 2.30. The van der Waals surface area contributed by atoms with E-state index in [0.717, 1.165) is 18.5 Å². The van der Waals surface area contributed by atoms with Crippen LogP contribution < -0.4 is 10.1 Å². The zero-order chi connectivity index (χ0) is 24.1. The molecule has 0 aromatic carbocycles. The van der Waals surface area contributed by atoms with Crippen molar-refractivity contribution in [3.63, 3.8) is 0 Å². The molecule has 12 heteroatoms. The number of ether oxygens (including phenoxy) is 2. The number of rotatable bonds is 10. The lowest BCUT2D eigenvalue weighted by Gasteiger charge is -2.27. The lowest BCUT2D eigenvalue weighted by Crippen LogP contribution is -2.29. The third kappa shape index (κ3) is 5.50. The van der Waals surface area contributed by atoms with Gasteiger partial charge in [0.15, 0.2) is 0 Å². The molecule has 182 valence electrons. The summed E-state index contributed by atoms with van der Waals surface area (Å²) in [5, 5.41) is 24.7. The molecule has 12 nitrogen and oxygen atoms in total. The Kier molecular flexibility index (Phi) is 7.36. The number of pyridine rings is 1. The van der Waals surface area contributed by atoms with Crippen LogP contribution in [0.5, 0.6) is 5.75 Å². The molecule has 0 spiro atoms.